The molecule has 0 aliphatic carbocycles. The van der Waals surface area contributed by atoms with Crippen molar-refractivity contribution in [2.45, 2.75) is 32.3 Å². The number of hydrogen-bond donors (Lipinski definition) is 0. The summed E-state index contributed by atoms with van der Waals surface area (Å²) in [5.41, 5.74) is 4.95. The van der Waals surface area contributed by atoms with Gasteiger partial charge in [-0.3, -0.25) is 0 Å². The summed E-state index contributed by atoms with van der Waals surface area (Å²) in [6, 6.07) is 0. The molecule has 1 atom stereocenters. The summed E-state index contributed by atoms with van der Waals surface area (Å²) in [5.74, 6) is 0. The highest BCUT2D eigenvalue weighted by atomic mass is 28.3. The van der Waals surface area contributed by atoms with E-state index in [1.54, 1.807) is 0 Å². The van der Waals surface area contributed by atoms with Gasteiger partial charge in [0.25, 0.3) is 0 Å². The summed E-state index contributed by atoms with van der Waals surface area (Å²) in [6.07, 6.45) is 4.21. The average Bonchev–Trinajstić information content (AvgIpc) is 2.37. The van der Waals surface area contributed by atoms with E-state index in [1.807, 2.05) is 0 Å². The molecule has 0 bridgehead atoms. The minimum Gasteiger partial charge on any atom is -0.413 e. The topological polar surface area (TPSA) is 9.23 Å². The molecule has 68 valence electrons. The first-order chi connectivity index (χ1) is 5.50. The van der Waals surface area contributed by atoms with Crippen molar-refractivity contribution in [2.75, 3.05) is 0 Å². The summed E-state index contributed by atoms with van der Waals surface area (Å²) in [7, 11) is -2.15. The van der Waals surface area contributed by atoms with Gasteiger partial charge in [-0.15, -0.1) is 0 Å². The molecule has 1 rings (SSSR count). The summed E-state index contributed by atoms with van der Waals surface area (Å²) in [6.45, 7) is 9.29. The van der Waals surface area contributed by atoms with E-state index in [2.05, 4.69) is 50.1 Å². The van der Waals surface area contributed by atoms with E-state index in [9.17, 15) is 0 Å². The van der Waals surface area contributed by atoms with Crippen molar-refractivity contribution in [1.29, 1.82) is 0 Å². The molecule has 0 aromatic heterocycles. The van der Waals surface area contributed by atoms with Crippen LogP contribution in [0.15, 0.2) is 23.6 Å². The van der Waals surface area contributed by atoms with Gasteiger partial charge in [-0.1, -0.05) is 43.2 Å². The highest BCUT2D eigenvalue weighted by Crippen LogP contribution is 2.13. The molecule has 0 spiro atoms. The molecule has 0 N–H and O–H groups in total. The minimum atomic E-state index is -1.08. The van der Waals surface area contributed by atoms with E-state index < -0.39 is 17.1 Å². The molecule has 0 aromatic rings. The molecule has 3 heteroatoms. The molecule has 0 saturated heterocycles. The van der Waals surface area contributed by atoms with E-state index in [1.165, 1.54) is 0 Å². The Balaban J connectivity index is 2.41. The Morgan fingerprint density at radius 1 is 1.17 bits per heavy atom. The first-order valence-electron chi connectivity index (χ1n) is 4.50. The lowest BCUT2D eigenvalue weighted by Crippen LogP contribution is -2.40. The maximum absolute atomic E-state index is 6.00. The van der Waals surface area contributed by atoms with Crippen molar-refractivity contribution in [3.05, 3.63) is 23.6 Å². The van der Waals surface area contributed by atoms with Crippen LogP contribution < -0.4 is 0 Å². The third kappa shape index (κ3) is 2.73. The van der Waals surface area contributed by atoms with Crippen molar-refractivity contribution in [3.63, 3.8) is 0 Å². The zero-order valence-corrected chi connectivity index (χ0v) is 10.5. The fourth-order valence-corrected chi connectivity index (χ4v) is 4.52. The van der Waals surface area contributed by atoms with Crippen LogP contribution in [0.25, 0.3) is 0 Å². The van der Waals surface area contributed by atoms with Gasteiger partial charge in [0.15, 0.2) is 0 Å². The van der Waals surface area contributed by atoms with Crippen LogP contribution in [-0.2, 0) is 4.43 Å². The summed E-state index contributed by atoms with van der Waals surface area (Å²) >= 11 is 0. The minimum absolute atomic E-state index is 0.488. The van der Waals surface area contributed by atoms with E-state index >= 15 is 0 Å². The second-order valence-electron chi connectivity index (χ2n) is 4.38. The van der Waals surface area contributed by atoms with Gasteiger partial charge >= 0.3 is 0 Å². The van der Waals surface area contributed by atoms with Crippen LogP contribution in [0.5, 0.6) is 0 Å². The predicted molar refractivity (Wildman–Crippen MR) is 59.3 cm³/mol. The Morgan fingerprint density at radius 3 is 2.08 bits per heavy atom. The van der Waals surface area contributed by atoms with Crippen LogP contribution in [0, 0.1) is 0 Å². The molecule has 0 fully saturated rings. The number of rotatable bonds is 3. The molecule has 0 amide bonds. The van der Waals surface area contributed by atoms with Gasteiger partial charge in [0.1, 0.15) is 0 Å². The van der Waals surface area contributed by atoms with Gasteiger partial charge in [0, 0.05) is 5.73 Å². The van der Waals surface area contributed by atoms with E-state index in [0.717, 1.165) is 0 Å². The molecule has 12 heavy (non-hydrogen) atoms. The van der Waals surface area contributed by atoms with Gasteiger partial charge in [-0.2, -0.15) is 0 Å². The van der Waals surface area contributed by atoms with Gasteiger partial charge in [-0.25, -0.2) is 0 Å². The second-order valence-corrected chi connectivity index (χ2v) is 11.9. The number of hydrogen-bond acceptors (Lipinski definition) is 1. The van der Waals surface area contributed by atoms with Crippen LogP contribution in [0.1, 0.15) is 6.92 Å². The second kappa shape index (κ2) is 3.72. The largest absolute Gasteiger partial charge is 0.413 e. The molecule has 1 nitrogen and oxygen atoms in total. The molecular formula is C9H18OSi2. The van der Waals surface area contributed by atoms with E-state index in [-0.39, 0.29) is 0 Å². The molecule has 1 unspecified atom stereocenters. The van der Waals surface area contributed by atoms with Crippen molar-refractivity contribution in [2.24, 2.45) is 0 Å². The highest BCUT2D eigenvalue weighted by molar-refractivity contribution is 6.78. The van der Waals surface area contributed by atoms with Crippen molar-refractivity contribution in [3.8, 4) is 0 Å². The van der Waals surface area contributed by atoms with Crippen LogP contribution in [-0.4, -0.2) is 22.8 Å². The molecule has 0 aromatic carbocycles. The summed E-state index contributed by atoms with van der Waals surface area (Å²) in [4.78, 5) is 0. The zero-order chi connectivity index (χ0) is 9.19. The highest BCUT2D eigenvalue weighted by Gasteiger charge is 2.25. The Hall–Kier alpha value is -0.126. The van der Waals surface area contributed by atoms with Crippen molar-refractivity contribution in [1.82, 2.24) is 0 Å². The molecular weight excluding hydrogens is 180 g/mol. The Bertz CT molecular complexity index is 191. The van der Waals surface area contributed by atoms with Gasteiger partial charge < -0.3 is 4.43 Å². The fraction of sp³-hybridized carbons (Fsp3) is 0.556. The summed E-state index contributed by atoms with van der Waals surface area (Å²) in [5, 5.41) is 0. The molecule has 0 radical (unpaired) electrons. The van der Waals surface area contributed by atoms with Crippen LogP contribution >= 0.6 is 0 Å². The molecule has 1 aliphatic rings. The van der Waals surface area contributed by atoms with Crippen LogP contribution in [0.4, 0.5) is 0 Å². The molecule has 0 saturated carbocycles. The standard InChI is InChI=1S/C9H18OSi2/c1-9(12(2,3)4)10-11-7-5-6-8-11/h5-9,11H,1-4H3. The third-order valence-corrected chi connectivity index (χ3v) is 7.07. The maximum atomic E-state index is 6.00. The summed E-state index contributed by atoms with van der Waals surface area (Å²) < 4.78 is 6.00. The third-order valence-electron chi connectivity index (χ3n) is 2.29. The Labute approximate surface area is 77.9 Å². The average molecular weight is 198 g/mol. The fourth-order valence-electron chi connectivity index (χ4n) is 0.942. The predicted octanol–water partition coefficient (Wildman–Crippen LogP) is 2.20. The van der Waals surface area contributed by atoms with Crippen LogP contribution in [0.2, 0.25) is 19.6 Å². The van der Waals surface area contributed by atoms with Crippen molar-refractivity contribution < 1.29 is 4.43 Å². The first kappa shape index (κ1) is 9.96. The van der Waals surface area contributed by atoms with Gasteiger partial charge in [-0.05, 0) is 6.92 Å². The van der Waals surface area contributed by atoms with Gasteiger partial charge in [0.05, 0.1) is 8.07 Å². The lowest BCUT2D eigenvalue weighted by atomic mass is 10.6. The molecule has 1 heterocycles. The van der Waals surface area contributed by atoms with Gasteiger partial charge in [0.2, 0.25) is 9.04 Å². The maximum Gasteiger partial charge on any atom is 0.225 e. The van der Waals surface area contributed by atoms with E-state index in [4.69, 9.17) is 4.43 Å². The molecule has 1 aliphatic heterocycles. The lowest BCUT2D eigenvalue weighted by Gasteiger charge is -2.27. The smallest absolute Gasteiger partial charge is 0.225 e. The zero-order valence-electron chi connectivity index (χ0n) is 8.37. The Morgan fingerprint density at radius 2 is 1.67 bits per heavy atom. The van der Waals surface area contributed by atoms with Crippen molar-refractivity contribution >= 4 is 17.1 Å². The Kier molecular flexibility index (Phi) is 3.09. The first-order valence-corrected chi connectivity index (χ1v) is 9.89. The lowest BCUT2D eigenvalue weighted by molar-refractivity contribution is 0.302. The normalized spacial score (nSPS) is 20.3. The SMILES string of the molecule is CC(O[SiH]1C=CC=C1)[Si](C)(C)C. The van der Waals surface area contributed by atoms with E-state index in [0.29, 0.717) is 5.73 Å². The number of allylic oxidation sites excluding steroid dienone is 2. The monoisotopic (exact) mass is 198 g/mol. The quantitative estimate of drug-likeness (QED) is 0.632. The van der Waals surface area contributed by atoms with Crippen LogP contribution in [0.3, 0.4) is 0 Å².